The summed E-state index contributed by atoms with van der Waals surface area (Å²) >= 11 is 12.7. The lowest BCUT2D eigenvalue weighted by atomic mass is 9.88. The standard InChI is InChI=1S/C39H41Cl2FN10O2.C4H7NO2/c1-23(37-30(40)20-44-21-31(37)41)54-26-5-6-33-28(16-26)38(47-46-33)25-4-7-35(45-19-25)51-12-14-52(15-13-51)36(53)22-50-10-8-24(9-11-50)27-18-34-29(17-32(27)42)39(43-2)48-49(34)3;6-3-1-2-5-4-7/h4-7,16-21,23-24H,8-15,22H2,1-3H3,(H,43,48)(H,46,47);3-4H,1-2H2,(H,5,7)/t23-;/m1./s1. The summed E-state index contributed by atoms with van der Waals surface area (Å²) < 4.78 is 23.2. The SMILES string of the molecule is CNc1nn(C)c2cc(C3CCN(CC(=O)N4CCN(c5ccc(-c6n[nH]c7ccc(O[C@H](C)c8c(Cl)cncc8Cl)cc67)cn5)CC4)CC3)c(F)cc12.O=CCCNC=O. The molecule has 18 heteroatoms. The average Bonchev–Trinajstić information content (AvgIpc) is 3.83. The van der Waals surface area contributed by atoms with E-state index in [4.69, 9.17) is 32.9 Å². The highest BCUT2D eigenvalue weighted by molar-refractivity contribution is 6.35. The lowest BCUT2D eigenvalue weighted by Gasteiger charge is -2.37. The van der Waals surface area contributed by atoms with Crippen LogP contribution in [-0.2, 0) is 21.4 Å². The minimum absolute atomic E-state index is 0.112. The summed E-state index contributed by atoms with van der Waals surface area (Å²) in [5, 5.41) is 20.1. The number of nitrogens with one attached hydrogen (secondary N) is 3. The summed E-state index contributed by atoms with van der Waals surface area (Å²) in [6.45, 7) is 6.88. The number of fused-ring (bicyclic) bond motifs is 2. The first kappa shape index (κ1) is 43.3. The first-order valence-corrected chi connectivity index (χ1v) is 20.9. The number of amides is 2. The summed E-state index contributed by atoms with van der Waals surface area (Å²) in [6.07, 6.45) is 7.90. The Morgan fingerprint density at radius 1 is 1.00 bits per heavy atom. The van der Waals surface area contributed by atoms with Crippen molar-refractivity contribution in [1.82, 2.24) is 45.1 Å². The van der Waals surface area contributed by atoms with Crippen LogP contribution in [0.5, 0.6) is 5.75 Å². The van der Waals surface area contributed by atoms with E-state index in [0.717, 1.165) is 76.7 Å². The van der Waals surface area contributed by atoms with Crippen molar-refractivity contribution < 1.29 is 23.5 Å². The number of hydrogen-bond acceptors (Lipinski definition) is 11. The van der Waals surface area contributed by atoms with Gasteiger partial charge in [0.25, 0.3) is 0 Å². The van der Waals surface area contributed by atoms with Gasteiger partial charge in [0.1, 0.15) is 35.5 Å². The number of halogens is 3. The number of pyridine rings is 2. The Bertz CT molecular complexity index is 2450. The van der Waals surface area contributed by atoms with Crippen molar-refractivity contribution in [2.45, 2.75) is 38.2 Å². The zero-order chi connectivity index (χ0) is 43.0. The lowest BCUT2D eigenvalue weighted by Crippen LogP contribution is -2.52. The summed E-state index contributed by atoms with van der Waals surface area (Å²) in [5.74, 6) is 2.24. The summed E-state index contributed by atoms with van der Waals surface area (Å²) in [6, 6.07) is 13.3. The predicted octanol–water partition coefficient (Wildman–Crippen LogP) is 6.38. The number of nitrogens with zero attached hydrogens (tertiary/aromatic N) is 8. The number of aldehydes is 1. The number of aromatic nitrogens is 6. The average molecular weight is 873 g/mol. The highest BCUT2D eigenvalue weighted by Gasteiger charge is 2.28. The van der Waals surface area contributed by atoms with Crippen LogP contribution in [0.15, 0.2) is 61.1 Å². The summed E-state index contributed by atoms with van der Waals surface area (Å²) in [7, 11) is 3.67. The molecule has 2 aromatic carbocycles. The van der Waals surface area contributed by atoms with Crippen molar-refractivity contribution in [3.05, 3.63) is 88.0 Å². The van der Waals surface area contributed by atoms with Gasteiger partial charge >= 0.3 is 0 Å². The van der Waals surface area contributed by atoms with E-state index in [-0.39, 0.29) is 17.6 Å². The quantitative estimate of drug-likeness (QED) is 0.0871. The van der Waals surface area contributed by atoms with Gasteiger partial charge in [0, 0.05) is 93.7 Å². The van der Waals surface area contributed by atoms with Crippen molar-refractivity contribution in [2.75, 3.05) is 69.6 Å². The molecule has 3 N–H and O–H groups in total. The van der Waals surface area contributed by atoms with Crippen molar-refractivity contribution >= 4 is 75.2 Å². The van der Waals surface area contributed by atoms with E-state index < -0.39 is 6.10 Å². The molecule has 0 aliphatic carbocycles. The van der Waals surface area contributed by atoms with E-state index in [1.54, 1.807) is 30.2 Å². The number of aryl methyl sites for hydroxylation is 1. The van der Waals surface area contributed by atoms with Gasteiger partial charge in [-0.25, -0.2) is 9.37 Å². The van der Waals surface area contributed by atoms with Crippen molar-refractivity contribution in [3.8, 4) is 17.0 Å². The van der Waals surface area contributed by atoms with Gasteiger partial charge in [0.05, 0.1) is 27.6 Å². The highest BCUT2D eigenvalue weighted by atomic mass is 35.5. The molecule has 2 saturated heterocycles. The van der Waals surface area contributed by atoms with Crippen LogP contribution in [0.4, 0.5) is 16.0 Å². The summed E-state index contributed by atoms with van der Waals surface area (Å²) in [4.78, 5) is 47.5. The number of H-pyrrole nitrogens is 1. The van der Waals surface area contributed by atoms with Crippen LogP contribution in [-0.4, -0.2) is 118 Å². The second-order valence-corrected chi connectivity index (χ2v) is 15.8. The number of piperidine rings is 1. The van der Waals surface area contributed by atoms with Crippen LogP contribution in [0.25, 0.3) is 33.1 Å². The van der Waals surface area contributed by atoms with Crippen LogP contribution >= 0.6 is 23.2 Å². The van der Waals surface area contributed by atoms with Crippen LogP contribution in [0, 0.1) is 5.82 Å². The van der Waals surface area contributed by atoms with E-state index in [1.165, 1.54) is 0 Å². The predicted molar refractivity (Wildman–Crippen MR) is 235 cm³/mol. The molecule has 6 heterocycles. The smallest absolute Gasteiger partial charge is 0.236 e. The minimum Gasteiger partial charge on any atom is -0.486 e. The molecule has 0 unspecified atom stereocenters. The largest absolute Gasteiger partial charge is 0.486 e. The lowest BCUT2D eigenvalue weighted by molar-refractivity contribution is -0.133. The molecule has 2 amide bonds. The number of hydrogen-bond donors (Lipinski definition) is 3. The Labute approximate surface area is 362 Å². The molecule has 4 aromatic heterocycles. The highest BCUT2D eigenvalue weighted by Crippen LogP contribution is 2.36. The van der Waals surface area contributed by atoms with Gasteiger partial charge in [-0.1, -0.05) is 23.2 Å². The van der Waals surface area contributed by atoms with E-state index >= 15 is 4.39 Å². The topological polar surface area (TPSA) is 166 Å². The van der Waals surface area contributed by atoms with E-state index in [9.17, 15) is 14.4 Å². The fraction of sp³-hybridized carbons (Fsp3) is 0.372. The second-order valence-electron chi connectivity index (χ2n) is 15.0. The Balaban J connectivity index is 0.000000739. The minimum atomic E-state index is -0.394. The maximum atomic E-state index is 15.2. The van der Waals surface area contributed by atoms with Crippen molar-refractivity contribution in [3.63, 3.8) is 0 Å². The number of likely N-dealkylation sites (tertiary alicyclic amines) is 1. The van der Waals surface area contributed by atoms with Gasteiger partial charge in [-0.15, -0.1) is 0 Å². The Morgan fingerprint density at radius 3 is 2.43 bits per heavy atom. The zero-order valence-corrected chi connectivity index (χ0v) is 35.7. The monoisotopic (exact) mass is 871 g/mol. The number of aromatic amines is 1. The van der Waals surface area contributed by atoms with Crippen molar-refractivity contribution in [2.24, 2.45) is 7.05 Å². The van der Waals surface area contributed by atoms with E-state index in [1.807, 2.05) is 61.5 Å². The van der Waals surface area contributed by atoms with Crippen LogP contribution in [0.3, 0.4) is 0 Å². The third kappa shape index (κ3) is 9.87. The molecule has 61 heavy (non-hydrogen) atoms. The number of rotatable bonds is 13. The Morgan fingerprint density at radius 2 is 1.75 bits per heavy atom. The second kappa shape index (κ2) is 19.7. The first-order chi connectivity index (χ1) is 29.6. The van der Waals surface area contributed by atoms with Gasteiger partial charge in [-0.2, -0.15) is 10.2 Å². The molecule has 15 nitrogen and oxygen atoms in total. The maximum Gasteiger partial charge on any atom is 0.236 e. The van der Waals surface area contributed by atoms with Crippen LogP contribution in [0.1, 0.15) is 49.3 Å². The van der Waals surface area contributed by atoms with Crippen LogP contribution < -0.4 is 20.3 Å². The van der Waals surface area contributed by atoms with Gasteiger partial charge in [-0.05, 0) is 86.8 Å². The number of carbonyl (C=O) groups is 3. The molecule has 1 atom stereocenters. The molecule has 0 radical (unpaired) electrons. The molecule has 320 valence electrons. The molecular weight excluding hydrogens is 824 g/mol. The third-order valence-corrected chi connectivity index (χ3v) is 11.8. The van der Waals surface area contributed by atoms with Gasteiger partial charge in [0.15, 0.2) is 5.82 Å². The maximum absolute atomic E-state index is 15.2. The molecule has 2 aliphatic rings. The molecule has 6 aromatic rings. The molecule has 2 aliphatic heterocycles. The zero-order valence-electron chi connectivity index (χ0n) is 34.2. The first-order valence-electron chi connectivity index (χ1n) is 20.2. The third-order valence-electron chi connectivity index (χ3n) is 11.2. The van der Waals surface area contributed by atoms with Gasteiger partial charge < -0.3 is 30.0 Å². The van der Waals surface area contributed by atoms with E-state index in [0.29, 0.717) is 79.3 Å². The number of anilines is 2. The van der Waals surface area contributed by atoms with Gasteiger partial charge in [0.2, 0.25) is 12.3 Å². The van der Waals surface area contributed by atoms with Gasteiger partial charge in [-0.3, -0.25) is 29.3 Å². The normalized spacial score (nSPS) is 15.3. The fourth-order valence-electron chi connectivity index (χ4n) is 7.94. The Hall–Kier alpha value is -5.84. The number of carbonyl (C=O) groups excluding carboxylic acids is 3. The fourth-order valence-corrected chi connectivity index (χ4v) is 8.61. The number of ether oxygens (including phenoxy) is 1. The molecular formula is C43H48Cl2FN11O4. The molecule has 0 bridgehead atoms. The van der Waals surface area contributed by atoms with E-state index in [2.05, 4.69) is 40.7 Å². The molecule has 0 spiro atoms. The van der Waals surface area contributed by atoms with Crippen LogP contribution in [0.2, 0.25) is 10.0 Å². The number of benzene rings is 2. The molecule has 2 fully saturated rings. The number of piperazine rings is 1. The molecule has 8 rings (SSSR count). The Kier molecular flexibility index (Phi) is 14.0. The van der Waals surface area contributed by atoms with Crippen molar-refractivity contribution in [1.29, 1.82) is 0 Å². The molecule has 0 saturated carbocycles. The summed E-state index contributed by atoms with van der Waals surface area (Å²) in [5.41, 5.74) is 4.84.